The monoisotopic (exact) mass is 242 g/mol. The molecule has 98 valence electrons. The van der Waals surface area contributed by atoms with Crippen molar-refractivity contribution in [2.45, 2.75) is 51.5 Å². The predicted molar refractivity (Wildman–Crippen MR) is 64.8 cm³/mol. The van der Waals surface area contributed by atoms with E-state index >= 15 is 0 Å². The number of carboxylic acids is 1. The van der Waals surface area contributed by atoms with Crippen molar-refractivity contribution in [3.63, 3.8) is 0 Å². The van der Waals surface area contributed by atoms with Crippen LogP contribution in [-0.2, 0) is 4.79 Å². The van der Waals surface area contributed by atoms with Gasteiger partial charge in [-0.25, -0.2) is 9.59 Å². The first-order valence-corrected chi connectivity index (χ1v) is 6.40. The molecule has 5 nitrogen and oxygen atoms in total. The van der Waals surface area contributed by atoms with Gasteiger partial charge in [0.05, 0.1) is 0 Å². The summed E-state index contributed by atoms with van der Waals surface area (Å²) in [5.74, 6) is -0.405. The number of hydrogen-bond donors (Lipinski definition) is 3. The minimum Gasteiger partial charge on any atom is -0.480 e. The summed E-state index contributed by atoms with van der Waals surface area (Å²) < 4.78 is 0. The Kier molecular flexibility index (Phi) is 5.80. The zero-order valence-corrected chi connectivity index (χ0v) is 10.4. The van der Waals surface area contributed by atoms with E-state index in [1.165, 1.54) is 12.8 Å². The summed E-state index contributed by atoms with van der Waals surface area (Å²) in [6.07, 6.45) is 6.00. The molecule has 1 saturated carbocycles. The molecule has 0 saturated heterocycles. The van der Waals surface area contributed by atoms with Crippen LogP contribution in [0.5, 0.6) is 0 Å². The van der Waals surface area contributed by atoms with Crippen molar-refractivity contribution in [2.75, 3.05) is 6.54 Å². The van der Waals surface area contributed by atoms with Crippen molar-refractivity contribution in [3.05, 3.63) is 0 Å². The van der Waals surface area contributed by atoms with E-state index in [9.17, 15) is 9.59 Å². The maximum atomic E-state index is 11.5. The van der Waals surface area contributed by atoms with E-state index in [1.807, 2.05) is 6.92 Å². The molecule has 0 bridgehead atoms. The van der Waals surface area contributed by atoms with Crippen molar-refractivity contribution in [1.29, 1.82) is 0 Å². The lowest BCUT2D eigenvalue weighted by Gasteiger charge is -2.16. The number of carbonyl (C=O) groups excluding carboxylic acids is 1. The van der Waals surface area contributed by atoms with Gasteiger partial charge in [-0.1, -0.05) is 26.2 Å². The average Bonchev–Trinajstić information content (AvgIpc) is 2.78. The lowest BCUT2D eigenvalue weighted by atomic mass is 10.1. The number of amides is 2. The molecule has 0 radical (unpaired) electrons. The summed E-state index contributed by atoms with van der Waals surface area (Å²) in [5.41, 5.74) is 0. The number of aliphatic carboxylic acids is 1. The lowest BCUT2D eigenvalue weighted by Crippen LogP contribution is -2.46. The highest BCUT2D eigenvalue weighted by Gasteiger charge is 2.20. The van der Waals surface area contributed by atoms with Gasteiger partial charge in [0.25, 0.3) is 0 Å². The Labute approximate surface area is 102 Å². The van der Waals surface area contributed by atoms with Gasteiger partial charge in [0.2, 0.25) is 0 Å². The van der Waals surface area contributed by atoms with Gasteiger partial charge in [-0.15, -0.1) is 0 Å². The molecule has 0 aromatic carbocycles. The van der Waals surface area contributed by atoms with E-state index < -0.39 is 12.0 Å². The summed E-state index contributed by atoms with van der Waals surface area (Å²) in [6, 6.07) is -1.14. The molecule has 17 heavy (non-hydrogen) atoms. The lowest BCUT2D eigenvalue weighted by molar-refractivity contribution is -0.139. The van der Waals surface area contributed by atoms with Crippen molar-refractivity contribution in [3.8, 4) is 0 Å². The topological polar surface area (TPSA) is 78.4 Å². The molecule has 2 amide bonds. The van der Waals surface area contributed by atoms with Crippen LogP contribution in [0.4, 0.5) is 4.79 Å². The molecule has 0 spiro atoms. The normalized spacial score (nSPS) is 17.7. The fraction of sp³-hybridized carbons (Fsp3) is 0.833. The van der Waals surface area contributed by atoms with E-state index in [-0.39, 0.29) is 6.03 Å². The van der Waals surface area contributed by atoms with Crippen LogP contribution >= 0.6 is 0 Å². The quantitative estimate of drug-likeness (QED) is 0.663. The molecule has 1 aliphatic rings. The smallest absolute Gasteiger partial charge is 0.326 e. The van der Waals surface area contributed by atoms with Gasteiger partial charge in [-0.2, -0.15) is 0 Å². The second-order valence-corrected chi connectivity index (χ2v) is 4.68. The maximum absolute atomic E-state index is 11.5. The van der Waals surface area contributed by atoms with Crippen LogP contribution in [0, 0.1) is 5.92 Å². The van der Waals surface area contributed by atoms with E-state index in [1.54, 1.807) is 0 Å². The van der Waals surface area contributed by atoms with Crippen LogP contribution in [-0.4, -0.2) is 29.7 Å². The van der Waals surface area contributed by atoms with E-state index in [0.29, 0.717) is 18.9 Å². The van der Waals surface area contributed by atoms with Gasteiger partial charge in [-0.05, 0) is 25.2 Å². The van der Waals surface area contributed by atoms with Crippen molar-refractivity contribution in [1.82, 2.24) is 10.6 Å². The first-order chi connectivity index (χ1) is 8.13. The molecule has 0 aromatic heterocycles. The minimum absolute atomic E-state index is 0.363. The van der Waals surface area contributed by atoms with Crippen molar-refractivity contribution >= 4 is 12.0 Å². The van der Waals surface area contributed by atoms with Crippen LogP contribution < -0.4 is 10.6 Å². The fourth-order valence-electron chi connectivity index (χ4n) is 2.21. The molecular weight excluding hydrogens is 220 g/mol. The number of carbonyl (C=O) groups is 2. The zero-order chi connectivity index (χ0) is 12.7. The summed E-state index contributed by atoms with van der Waals surface area (Å²) in [6.45, 7) is 2.55. The van der Waals surface area contributed by atoms with Gasteiger partial charge in [0, 0.05) is 6.54 Å². The molecule has 3 N–H and O–H groups in total. The molecule has 0 aromatic rings. The van der Waals surface area contributed by atoms with Crippen LogP contribution in [0.1, 0.15) is 45.4 Å². The molecule has 1 fully saturated rings. The van der Waals surface area contributed by atoms with Crippen LogP contribution in [0.3, 0.4) is 0 Å². The highest BCUT2D eigenvalue weighted by Crippen LogP contribution is 2.23. The highest BCUT2D eigenvalue weighted by molar-refractivity contribution is 5.82. The Hall–Kier alpha value is -1.26. The predicted octanol–water partition coefficient (Wildman–Crippen LogP) is 1.73. The summed E-state index contributed by atoms with van der Waals surface area (Å²) in [5, 5.41) is 14.1. The number of nitrogens with one attached hydrogen (secondary N) is 2. The first kappa shape index (κ1) is 13.8. The number of rotatable bonds is 6. The fourth-order valence-corrected chi connectivity index (χ4v) is 2.21. The second kappa shape index (κ2) is 7.14. The molecule has 0 unspecified atom stereocenters. The minimum atomic E-state index is -0.970. The third-order valence-corrected chi connectivity index (χ3v) is 3.21. The molecule has 5 heteroatoms. The Bertz CT molecular complexity index is 262. The largest absolute Gasteiger partial charge is 0.480 e. The van der Waals surface area contributed by atoms with E-state index in [2.05, 4.69) is 10.6 Å². The van der Waals surface area contributed by atoms with Crippen LogP contribution in [0.25, 0.3) is 0 Å². The Balaban J connectivity index is 2.23. The average molecular weight is 242 g/mol. The highest BCUT2D eigenvalue weighted by atomic mass is 16.4. The van der Waals surface area contributed by atoms with Crippen molar-refractivity contribution < 1.29 is 14.7 Å². The second-order valence-electron chi connectivity index (χ2n) is 4.68. The summed E-state index contributed by atoms with van der Waals surface area (Å²) in [7, 11) is 0. The molecule has 1 aliphatic carbocycles. The number of hydrogen-bond acceptors (Lipinski definition) is 2. The Morgan fingerprint density at radius 3 is 2.53 bits per heavy atom. The van der Waals surface area contributed by atoms with Gasteiger partial charge >= 0.3 is 12.0 Å². The third-order valence-electron chi connectivity index (χ3n) is 3.21. The van der Waals surface area contributed by atoms with Crippen LogP contribution in [0.15, 0.2) is 0 Å². The van der Waals surface area contributed by atoms with Crippen molar-refractivity contribution in [2.24, 2.45) is 5.92 Å². The van der Waals surface area contributed by atoms with E-state index in [0.717, 1.165) is 19.3 Å². The van der Waals surface area contributed by atoms with Gasteiger partial charge in [0.15, 0.2) is 0 Å². The molecule has 1 atom stereocenters. The Morgan fingerprint density at radius 1 is 1.35 bits per heavy atom. The van der Waals surface area contributed by atoms with Crippen LogP contribution in [0.2, 0.25) is 0 Å². The van der Waals surface area contributed by atoms with Gasteiger partial charge < -0.3 is 15.7 Å². The first-order valence-electron chi connectivity index (χ1n) is 6.40. The van der Waals surface area contributed by atoms with E-state index in [4.69, 9.17) is 5.11 Å². The molecule has 0 aliphatic heterocycles. The number of urea groups is 1. The van der Waals surface area contributed by atoms with Gasteiger partial charge in [0.1, 0.15) is 6.04 Å². The SMILES string of the molecule is CCC[C@H](NC(=O)NCC1CCCC1)C(=O)O. The molecule has 0 heterocycles. The maximum Gasteiger partial charge on any atom is 0.326 e. The molecular formula is C12H22N2O3. The number of carboxylic acid groups (broad SMARTS) is 1. The standard InChI is InChI=1S/C12H22N2O3/c1-2-5-10(11(15)16)14-12(17)13-8-9-6-3-4-7-9/h9-10H,2-8H2,1H3,(H,15,16)(H2,13,14,17)/t10-/m0/s1. The van der Waals surface area contributed by atoms with Gasteiger partial charge in [-0.3, -0.25) is 0 Å². The molecule has 1 rings (SSSR count). The summed E-state index contributed by atoms with van der Waals surface area (Å²) in [4.78, 5) is 22.3. The summed E-state index contributed by atoms with van der Waals surface area (Å²) >= 11 is 0. The zero-order valence-electron chi connectivity index (χ0n) is 10.4. The third kappa shape index (κ3) is 5.06. The Morgan fingerprint density at radius 2 is 2.00 bits per heavy atom.